The third-order valence-electron chi connectivity index (χ3n) is 3.46. The van der Waals surface area contributed by atoms with Gasteiger partial charge in [0, 0.05) is 16.7 Å². The summed E-state index contributed by atoms with van der Waals surface area (Å²) in [6.45, 7) is 2.76. The lowest BCUT2D eigenvalue weighted by Gasteiger charge is -2.26. The molecule has 0 aromatic heterocycles. The Morgan fingerprint density at radius 1 is 1.23 bits per heavy atom. The molecule has 7 nitrogen and oxygen atoms in total. The largest absolute Gasteiger partial charge is 0.518 e. The van der Waals surface area contributed by atoms with Crippen LogP contribution in [0.15, 0.2) is 55.1 Å². The van der Waals surface area contributed by atoms with Gasteiger partial charge in [-0.3, -0.25) is 4.84 Å². The first-order chi connectivity index (χ1) is 14.5. The number of benzene rings is 2. The Bertz CT molecular complexity index is 1100. The molecule has 13 heteroatoms. The summed E-state index contributed by atoms with van der Waals surface area (Å²) in [6, 6.07) is 7.86. The van der Waals surface area contributed by atoms with Crippen molar-refractivity contribution in [2.24, 2.45) is 0 Å². The number of carbonyl (C=O) groups excluding carboxylic acids is 1. The molecule has 166 valence electrons. The fourth-order valence-corrected chi connectivity index (χ4v) is 3.07. The predicted octanol–water partition coefficient (Wildman–Crippen LogP) is 4.01. The van der Waals surface area contributed by atoms with Crippen LogP contribution in [0.3, 0.4) is 0 Å². The van der Waals surface area contributed by atoms with Crippen molar-refractivity contribution in [3.63, 3.8) is 0 Å². The van der Waals surface area contributed by atoms with Crippen LogP contribution >= 0.6 is 11.6 Å². The van der Waals surface area contributed by atoms with Gasteiger partial charge in [0.2, 0.25) is 0 Å². The van der Waals surface area contributed by atoms with E-state index < -0.39 is 38.1 Å². The van der Waals surface area contributed by atoms with Crippen LogP contribution in [0.1, 0.15) is 5.56 Å². The Balaban J connectivity index is 2.44. The Morgan fingerprint density at radius 3 is 2.45 bits per heavy atom. The van der Waals surface area contributed by atoms with Crippen LogP contribution in [0.5, 0.6) is 5.75 Å². The topological polar surface area (TPSA) is 84.9 Å². The lowest BCUT2D eigenvalue weighted by atomic mass is 10.1. The molecular weight excluding hydrogens is 468 g/mol. The summed E-state index contributed by atoms with van der Waals surface area (Å²) >= 11 is 5.89. The third-order valence-corrected chi connectivity index (χ3v) is 5.01. The highest BCUT2D eigenvalue weighted by atomic mass is 35.5. The molecule has 0 heterocycles. The van der Waals surface area contributed by atoms with E-state index in [2.05, 4.69) is 16.9 Å². The number of alkyl halides is 3. The van der Waals surface area contributed by atoms with Crippen molar-refractivity contribution in [1.82, 2.24) is 5.48 Å². The minimum atomic E-state index is -6.05. The van der Waals surface area contributed by atoms with Gasteiger partial charge in [-0.1, -0.05) is 18.2 Å². The summed E-state index contributed by atoms with van der Waals surface area (Å²) in [7, 11) is -6.05. The maximum atomic E-state index is 13.2. The van der Waals surface area contributed by atoms with E-state index in [9.17, 15) is 30.8 Å². The monoisotopic (exact) mass is 480 g/mol. The van der Waals surface area contributed by atoms with Crippen molar-refractivity contribution in [3.8, 4) is 5.75 Å². The van der Waals surface area contributed by atoms with E-state index in [0.717, 1.165) is 30.3 Å². The molecule has 0 amide bonds. The van der Waals surface area contributed by atoms with Gasteiger partial charge in [0.1, 0.15) is 18.4 Å². The molecule has 0 spiro atoms. The van der Waals surface area contributed by atoms with Crippen molar-refractivity contribution in [2.75, 3.05) is 11.1 Å². The van der Waals surface area contributed by atoms with Gasteiger partial charge < -0.3 is 4.84 Å². The second kappa shape index (κ2) is 9.84. The second-order valence-electron chi connectivity index (χ2n) is 5.59. The van der Waals surface area contributed by atoms with Gasteiger partial charge in [0.15, 0.2) is 5.75 Å². The van der Waals surface area contributed by atoms with Crippen LogP contribution in [0.2, 0.25) is 5.02 Å². The quantitative estimate of drug-likeness (QED) is 0.332. The number of anilines is 1. The first-order valence-corrected chi connectivity index (χ1v) is 9.90. The molecule has 0 atom stereocenters. The smallest absolute Gasteiger partial charge is 0.382 e. The zero-order chi connectivity index (χ0) is 23.2. The predicted molar refractivity (Wildman–Crippen MR) is 104 cm³/mol. The molecule has 31 heavy (non-hydrogen) atoms. The molecular formula is C18H13ClF4N2O5S. The number of nitrogens with zero attached hydrogens (tertiary/aromatic N) is 1. The maximum absolute atomic E-state index is 13.2. The molecule has 0 radical (unpaired) electrons. The Morgan fingerprint density at radius 2 is 1.87 bits per heavy atom. The average molecular weight is 481 g/mol. The number of hydroxylamine groups is 1. The molecule has 0 saturated heterocycles. The summed E-state index contributed by atoms with van der Waals surface area (Å²) in [4.78, 5) is 20.1. The number of halogens is 5. The van der Waals surface area contributed by atoms with Gasteiger partial charge in [-0.05, 0) is 42.5 Å². The summed E-state index contributed by atoms with van der Waals surface area (Å²) in [5.74, 6) is 0.847. The summed E-state index contributed by atoms with van der Waals surface area (Å²) in [5, 5.41) is 0.0284. The summed E-state index contributed by atoms with van der Waals surface area (Å²) < 4.78 is 76.2. The van der Waals surface area contributed by atoms with Gasteiger partial charge in [-0.25, -0.2) is 14.7 Å². The molecule has 1 N–H and O–H groups in total. The fourth-order valence-electron chi connectivity index (χ4n) is 2.09. The number of nitrogens with one attached hydrogen (secondary N) is 1. The van der Waals surface area contributed by atoms with Crippen LogP contribution in [0, 0.1) is 5.82 Å². The molecule has 0 aliphatic rings. The van der Waals surface area contributed by atoms with Crippen LogP contribution in [-0.4, -0.2) is 26.5 Å². The van der Waals surface area contributed by atoms with Crippen LogP contribution < -0.4 is 14.8 Å². The van der Waals surface area contributed by atoms with Crippen molar-refractivity contribution >= 4 is 39.0 Å². The van der Waals surface area contributed by atoms with E-state index in [4.69, 9.17) is 16.4 Å². The number of hydrogen-bond acceptors (Lipinski definition) is 6. The minimum Gasteiger partial charge on any atom is -0.382 e. The van der Waals surface area contributed by atoms with Gasteiger partial charge in [0.05, 0.1) is 11.4 Å². The van der Waals surface area contributed by atoms with Crippen LogP contribution in [0.25, 0.3) is 5.70 Å². The molecule has 0 bridgehead atoms. The molecule has 2 aromatic rings. The zero-order valence-corrected chi connectivity index (χ0v) is 16.9. The maximum Gasteiger partial charge on any atom is 0.518 e. The van der Waals surface area contributed by atoms with E-state index in [-0.39, 0.29) is 22.0 Å². The first-order valence-electron chi connectivity index (χ1n) is 8.08. The Labute approximate surface area is 179 Å². The minimum absolute atomic E-state index is 0.0284. The molecule has 0 fully saturated rings. The average Bonchev–Trinajstić information content (AvgIpc) is 2.70. The van der Waals surface area contributed by atoms with Crippen LogP contribution in [-0.2, 0) is 19.7 Å². The highest BCUT2D eigenvalue weighted by molar-refractivity contribution is 7.93. The molecule has 0 aliphatic carbocycles. The van der Waals surface area contributed by atoms with E-state index in [1.165, 1.54) is 18.1 Å². The van der Waals surface area contributed by atoms with E-state index >= 15 is 0 Å². The van der Waals surface area contributed by atoms with Crippen molar-refractivity contribution < 1.29 is 40.4 Å². The molecule has 0 aliphatic heterocycles. The number of rotatable bonds is 9. The third kappa shape index (κ3) is 5.98. The zero-order valence-electron chi connectivity index (χ0n) is 15.3. The van der Waals surface area contributed by atoms with E-state index in [1.54, 1.807) is 0 Å². The van der Waals surface area contributed by atoms with Gasteiger partial charge in [-0.2, -0.15) is 21.6 Å². The summed E-state index contributed by atoms with van der Waals surface area (Å²) in [6.07, 6.45) is 0.638. The highest BCUT2D eigenvalue weighted by Gasteiger charge is 2.52. The van der Waals surface area contributed by atoms with Crippen molar-refractivity contribution in [1.29, 1.82) is 0 Å². The number of sulfonamides is 1. The summed E-state index contributed by atoms with van der Waals surface area (Å²) in [5.41, 5.74) is -4.49. The van der Waals surface area contributed by atoms with Crippen molar-refractivity contribution in [2.45, 2.75) is 5.51 Å². The molecule has 2 rings (SSSR count). The van der Waals surface area contributed by atoms with E-state index in [1.807, 2.05) is 0 Å². The Hall–Kier alpha value is -3.05. The van der Waals surface area contributed by atoms with E-state index in [0.29, 0.717) is 6.08 Å². The van der Waals surface area contributed by atoms with Gasteiger partial charge in [-0.15, -0.1) is 4.47 Å². The molecule has 2 aromatic carbocycles. The normalized spacial score (nSPS) is 11.4. The lowest BCUT2D eigenvalue weighted by Crippen LogP contribution is -2.41. The second-order valence-corrected chi connectivity index (χ2v) is 7.77. The standard InChI is InChI=1S/C18H13ClF4N2O5S/c1-12(24-30-15-6-4-14(20)5-7-15)16-11-13(19)3-8-17(16)25(29-10-2-9-26)31(27,28)18(21,22)23/h2-8,11,24H,1,10H2. The van der Waals surface area contributed by atoms with Crippen LogP contribution in [0.4, 0.5) is 23.2 Å². The molecule has 0 unspecified atom stereocenters. The Kier molecular flexibility index (Phi) is 7.69. The SMILES string of the molecule is C=C(NOc1ccc(F)cc1)c1cc(Cl)ccc1N(OCC=C=O)S(=O)(=O)C(F)(F)F. The first kappa shape index (κ1) is 24.2. The van der Waals surface area contributed by atoms with Gasteiger partial charge >= 0.3 is 15.5 Å². The van der Waals surface area contributed by atoms with Crippen molar-refractivity contribution in [3.05, 3.63) is 71.5 Å². The highest BCUT2D eigenvalue weighted by Crippen LogP contribution is 2.36. The fraction of sp³-hybridized carbons (Fsp3) is 0.111. The molecule has 0 saturated carbocycles. The lowest BCUT2D eigenvalue weighted by molar-refractivity contribution is -0.0471. The van der Waals surface area contributed by atoms with Gasteiger partial charge in [0.25, 0.3) is 0 Å². The number of hydrogen-bond donors (Lipinski definition) is 1.